The summed E-state index contributed by atoms with van der Waals surface area (Å²) < 4.78 is 0. The minimum Gasteiger partial charge on any atom is -0.341 e. The Kier molecular flexibility index (Phi) is 6.63. The van der Waals surface area contributed by atoms with Crippen LogP contribution < -0.4 is 0 Å². The van der Waals surface area contributed by atoms with Crippen LogP contribution in [0.5, 0.6) is 0 Å². The number of benzene rings is 1. The molecular weight excluding hydrogens is 288 g/mol. The summed E-state index contributed by atoms with van der Waals surface area (Å²) >= 11 is 0. The van der Waals surface area contributed by atoms with Crippen LogP contribution in [0.2, 0.25) is 0 Å². The first kappa shape index (κ1) is 17.5. The molecule has 0 aliphatic carbocycles. The second-order valence-corrected chi connectivity index (χ2v) is 6.35. The fourth-order valence-corrected chi connectivity index (χ4v) is 2.95. The average Bonchev–Trinajstić information content (AvgIpc) is 2.80. The molecule has 2 amide bonds. The van der Waals surface area contributed by atoms with Gasteiger partial charge in [-0.3, -0.25) is 9.59 Å². The Hall–Kier alpha value is -1.84. The van der Waals surface area contributed by atoms with E-state index < -0.39 is 0 Å². The van der Waals surface area contributed by atoms with E-state index in [2.05, 4.69) is 31.2 Å². The van der Waals surface area contributed by atoms with Gasteiger partial charge in [0.2, 0.25) is 11.8 Å². The standard InChI is InChI=1S/C19H28N2O2/c1-3-5-18(22)20-12-4-13-21(15-14-20)19(23)11-10-17-8-6-16(2)7-9-17/h6-9H,3-5,10-15H2,1-2H3. The maximum atomic E-state index is 12.4. The van der Waals surface area contributed by atoms with Gasteiger partial charge in [-0.05, 0) is 31.7 Å². The lowest BCUT2D eigenvalue weighted by atomic mass is 10.1. The van der Waals surface area contributed by atoms with Gasteiger partial charge in [0.05, 0.1) is 0 Å². The lowest BCUT2D eigenvalue weighted by Gasteiger charge is -2.22. The van der Waals surface area contributed by atoms with E-state index in [1.54, 1.807) is 0 Å². The molecule has 0 spiro atoms. The van der Waals surface area contributed by atoms with Gasteiger partial charge in [0, 0.05) is 39.0 Å². The van der Waals surface area contributed by atoms with Crippen LogP contribution in [-0.4, -0.2) is 47.8 Å². The molecule has 0 aromatic heterocycles. The second kappa shape index (κ2) is 8.70. The molecule has 1 aromatic carbocycles. The number of amides is 2. The van der Waals surface area contributed by atoms with Gasteiger partial charge in [-0.15, -0.1) is 0 Å². The van der Waals surface area contributed by atoms with Crippen molar-refractivity contribution in [3.63, 3.8) is 0 Å². The summed E-state index contributed by atoms with van der Waals surface area (Å²) in [7, 11) is 0. The van der Waals surface area contributed by atoms with Crippen molar-refractivity contribution in [3.05, 3.63) is 35.4 Å². The number of hydrogen-bond acceptors (Lipinski definition) is 2. The van der Waals surface area contributed by atoms with E-state index in [4.69, 9.17) is 0 Å². The highest BCUT2D eigenvalue weighted by Crippen LogP contribution is 2.10. The van der Waals surface area contributed by atoms with Crippen LogP contribution in [-0.2, 0) is 16.0 Å². The topological polar surface area (TPSA) is 40.6 Å². The van der Waals surface area contributed by atoms with Crippen LogP contribution in [0.15, 0.2) is 24.3 Å². The number of nitrogens with zero attached hydrogens (tertiary/aromatic N) is 2. The zero-order chi connectivity index (χ0) is 16.7. The Morgan fingerprint density at radius 1 is 0.913 bits per heavy atom. The van der Waals surface area contributed by atoms with Crippen molar-refractivity contribution in [1.29, 1.82) is 0 Å². The smallest absolute Gasteiger partial charge is 0.222 e. The summed E-state index contributed by atoms with van der Waals surface area (Å²) in [5.74, 6) is 0.428. The third-order valence-corrected chi connectivity index (χ3v) is 4.41. The minimum atomic E-state index is 0.204. The predicted octanol–water partition coefficient (Wildman–Crippen LogP) is 2.79. The molecule has 0 radical (unpaired) electrons. The van der Waals surface area contributed by atoms with E-state index in [1.807, 2.05) is 16.7 Å². The van der Waals surface area contributed by atoms with Crippen LogP contribution >= 0.6 is 0 Å². The SMILES string of the molecule is CCCC(=O)N1CCCN(C(=O)CCc2ccc(C)cc2)CC1. The van der Waals surface area contributed by atoms with Gasteiger partial charge in [0.15, 0.2) is 0 Å². The quantitative estimate of drug-likeness (QED) is 0.838. The van der Waals surface area contributed by atoms with Crippen LogP contribution in [0.25, 0.3) is 0 Å². The highest BCUT2D eigenvalue weighted by molar-refractivity contribution is 5.78. The molecule has 4 nitrogen and oxygen atoms in total. The molecule has 4 heteroatoms. The maximum Gasteiger partial charge on any atom is 0.222 e. The van der Waals surface area contributed by atoms with Gasteiger partial charge < -0.3 is 9.80 Å². The number of aryl methyl sites for hydroxylation is 2. The molecular formula is C19H28N2O2. The minimum absolute atomic E-state index is 0.204. The van der Waals surface area contributed by atoms with Crippen LogP contribution in [0.3, 0.4) is 0 Å². The van der Waals surface area contributed by atoms with Crippen LogP contribution in [0.4, 0.5) is 0 Å². The van der Waals surface area contributed by atoms with Crippen LogP contribution in [0.1, 0.15) is 43.7 Å². The molecule has 1 aliphatic rings. The Labute approximate surface area is 139 Å². The molecule has 1 heterocycles. The Morgan fingerprint density at radius 2 is 1.48 bits per heavy atom. The van der Waals surface area contributed by atoms with Crippen molar-refractivity contribution in [2.45, 2.75) is 46.0 Å². The first-order valence-corrected chi connectivity index (χ1v) is 8.71. The molecule has 126 valence electrons. The zero-order valence-corrected chi connectivity index (χ0v) is 14.4. The van der Waals surface area contributed by atoms with Crippen molar-refractivity contribution in [2.75, 3.05) is 26.2 Å². The third-order valence-electron chi connectivity index (χ3n) is 4.41. The van der Waals surface area contributed by atoms with Gasteiger partial charge in [0.25, 0.3) is 0 Å². The normalized spacial score (nSPS) is 15.4. The van der Waals surface area contributed by atoms with E-state index in [0.29, 0.717) is 25.9 Å². The summed E-state index contributed by atoms with van der Waals surface area (Å²) in [5.41, 5.74) is 2.45. The van der Waals surface area contributed by atoms with E-state index in [0.717, 1.165) is 32.4 Å². The van der Waals surface area contributed by atoms with Crippen molar-refractivity contribution >= 4 is 11.8 Å². The summed E-state index contributed by atoms with van der Waals surface area (Å²) in [6, 6.07) is 8.36. The maximum absolute atomic E-state index is 12.4. The highest BCUT2D eigenvalue weighted by Gasteiger charge is 2.21. The molecule has 0 atom stereocenters. The fourth-order valence-electron chi connectivity index (χ4n) is 2.95. The van der Waals surface area contributed by atoms with Crippen LogP contribution in [0, 0.1) is 6.92 Å². The van der Waals surface area contributed by atoms with Gasteiger partial charge >= 0.3 is 0 Å². The first-order chi connectivity index (χ1) is 11.1. The molecule has 1 aromatic rings. The molecule has 0 N–H and O–H groups in total. The molecule has 23 heavy (non-hydrogen) atoms. The molecule has 1 saturated heterocycles. The van der Waals surface area contributed by atoms with Gasteiger partial charge in [0.1, 0.15) is 0 Å². The van der Waals surface area contributed by atoms with Gasteiger partial charge in [-0.2, -0.15) is 0 Å². The molecule has 1 fully saturated rings. The van der Waals surface area contributed by atoms with Gasteiger partial charge in [-0.25, -0.2) is 0 Å². The van der Waals surface area contributed by atoms with E-state index in [1.165, 1.54) is 11.1 Å². The summed E-state index contributed by atoms with van der Waals surface area (Å²) in [5, 5.41) is 0. The van der Waals surface area contributed by atoms with Crippen molar-refractivity contribution in [1.82, 2.24) is 9.80 Å². The largest absolute Gasteiger partial charge is 0.341 e. The lowest BCUT2D eigenvalue weighted by Crippen LogP contribution is -2.37. The number of hydrogen-bond donors (Lipinski definition) is 0. The summed E-state index contributed by atoms with van der Waals surface area (Å²) in [6.45, 7) is 6.98. The predicted molar refractivity (Wildman–Crippen MR) is 92.2 cm³/mol. The van der Waals surface area contributed by atoms with Crippen molar-refractivity contribution in [3.8, 4) is 0 Å². The molecule has 0 bridgehead atoms. The monoisotopic (exact) mass is 316 g/mol. The Balaban J connectivity index is 1.81. The average molecular weight is 316 g/mol. The molecule has 0 saturated carbocycles. The highest BCUT2D eigenvalue weighted by atomic mass is 16.2. The third kappa shape index (κ3) is 5.38. The molecule has 1 aliphatic heterocycles. The number of carbonyl (C=O) groups is 2. The van der Waals surface area contributed by atoms with Crippen molar-refractivity contribution in [2.24, 2.45) is 0 Å². The second-order valence-electron chi connectivity index (χ2n) is 6.35. The zero-order valence-electron chi connectivity index (χ0n) is 14.4. The van der Waals surface area contributed by atoms with E-state index in [-0.39, 0.29) is 11.8 Å². The summed E-state index contributed by atoms with van der Waals surface area (Å²) in [6.07, 6.45) is 3.71. The lowest BCUT2D eigenvalue weighted by molar-refractivity contribution is -0.133. The first-order valence-electron chi connectivity index (χ1n) is 8.71. The number of carbonyl (C=O) groups excluding carboxylic acids is 2. The number of rotatable bonds is 5. The Bertz CT molecular complexity index is 525. The molecule has 0 unspecified atom stereocenters. The van der Waals surface area contributed by atoms with Crippen molar-refractivity contribution < 1.29 is 9.59 Å². The molecule has 2 rings (SSSR count). The summed E-state index contributed by atoms with van der Waals surface area (Å²) in [4.78, 5) is 28.2. The van der Waals surface area contributed by atoms with E-state index in [9.17, 15) is 9.59 Å². The fraction of sp³-hybridized carbons (Fsp3) is 0.579. The van der Waals surface area contributed by atoms with Gasteiger partial charge in [-0.1, -0.05) is 36.8 Å². The van der Waals surface area contributed by atoms with E-state index >= 15 is 0 Å². The Morgan fingerprint density at radius 3 is 2.04 bits per heavy atom.